The van der Waals surface area contributed by atoms with E-state index < -0.39 is 16.7 Å². The molecule has 84 valence electrons. The third-order valence-corrected chi connectivity index (χ3v) is 2.52. The average molecular weight is 231 g/mol. The first kappa shape index (κ1) is 9.77. The molecule has 0 atom stereocenters. The first-order valence-electron chi connectivity index (χ1n) is 4.91. The lowest BCUT2D eigenvalue weighted by atomic mass is 10.2. The van der Waals surface area contributed by atoms with Crippen molar-refractivity contribution in [2.75, 3.05) is 0 Å². The Morgan fingerprint density at radius 1 is 1.18 bits per heavy atom. The number of halogens is 1. The number of para-hydroxylation sites is 2. The van der Waals surface area contributed by atoms with Crippen LogP contribution in [-0.4, -0.2) is 4.98 Å². The van der Waals surface area contributed by atoms with Crippen LogP contribution in [0.3, 0.4) is 0 Å². The molecule has 17 heavy (non-hydrogen) atoms. The molecule has 0 aromatic heterocycles. The lowest BCUT2D eigenvalue weighted by Gasteiger charge is -2.06. The predicted octanol–water partition coefficient (Wildman–Crippen LogP) is 1.73. The standard InChI is InChI=1S/C12H6FNO3/c13-10-11-9(5-7(15)12(10)16)17-8-4-2-1-3-6(8)14-11/h1-5,14H. The smallest absolute Gasteiger partial charge is 0.263 e. The second kappa shape index (κ2) is 3.28. The number of H-pyrrole nitrogens is 1. The molecule has 1 aromatic rings. The van der Waals surface area contributed by atoms with E-state index in [1.165, 1.54) is 0 Å². The van der Waals surface area contributed by atoms with Gasteiger partial charge in [-0.05, 0) is 12.1 Å². The fourth-order valence-corrected chi connectivity index (χ4v) is 1.70. The minimum absolute atomic E-state index is 0.0331. The Morgan fingerprint density at radius 3 is 2.76 bits per heavy atom. The van der Waals surface area contributed by atoms with Gasteiger partial charge < -0.3 is 9.40 Å². The van der Waals surface area contributed by atoms with E-state index in [1.54, 1.807) is 24.3 Å². The molecular formula is C12H6FNO3. The van der Waals surface area contributed by atoms with Crippen molar-refractivity contribution in [3.05, 3.63) is 56.6 Å². The highest BCUT2D eigenvalue weighted by atomic mass is 19.1. The monoisotopic (exact) mass is 231 g/mol. The molecular weight excluding hydrogens is 225 g/mol. The normalized spacial score (nSPS) is 11.1. The molecule has 0 amide bonds. The topological polar surface area (TPSA) is 63.1 Å². The number of fused-ring (bicyclic) bond motifs is 2. The molecule has 1 aromatic carbocycles. The van der Waals surface area contributed by atoms with Crippen LogP contribution in [-0.2, 0) is 0 Å². The van der Waals surface area contributed by atoms with Crippen LogP contribution in [0.1, 0.15) is 0 Å². The lowest BCUT2D eigenvalue weighted by molar-refractivity contribution is 0.574. The van der Waals surface area contributed by atoms with Crippen LogP contribution >= 0.6 is 0 Å². The summed E-state index contributed by atoms with van der Waals surface area (Å²) in [5.74, 6) is -1.08. The Balaban J connectivity index is 2.58. The number of aromatic amines is 1. The molecule has 0 spiro atoms. The largest absolute Gasteiger partial charge is 0.453 e. The maximum absolute atomic E-state index is 13.6. The van der Waals surface area contributed by atoms with Crippen LogP contribution < -0.4 is 10.9 Å². The molecule has 5 heteroatoms. The van der Waals surface area contributed by atoms with E-state index in [2.05, 4.69) is 4.98 Å². The van der Waals surface area contributed by atoms with Gasteiger partial charge in [-0.3, -0.25) is 9.59 Å². The van der Waals surface area contributed by atoms with Gasteiger partial charge in [-0.25, -0.2) is 4.39 Å². The van der Waals surface area contributed by atoms with Crippen LogP contribution in [0.4, 0.5) is 4.39 Å². The fraction of sp³-hybridized carbons (Fsp3) is 0. The van der Waals surface area contributed by atoms with Gasteiger partial charge in [0.25, 0.3) is 5.43 Å². The number of aromatic nitrogens is 1. The van der Waals surface area contributed by atoms with E-state index in [0.29, 0.717) is 11.1 Å². The van der Waals surface area contributed by atoms with E-state index in [4.69, 9.17) is 4.42 Å². The Morgan fingerprint density at radius 2 is 1.94 bits per heavy atom. The predicted molar refractivity (Wildman–Crippen MR) is 59.7 cm³/mol. The number of benzene rings is 2. The Bertz CT molecular complexity index is 803. The summed E-state index contributed by atoms with van der Waals surface area (Å²) in [7, 11) is 0. The molecule has 1 heterocycles. The van der Waals surface area contributed by atoms with Gasteiger partial charge in [-0.2, -0.15) is 0 Å². The number of hydrogen-bond donors (Lipinski definition) is 1. The molecule has 0 fully saturated rings. The summed E-state index contributed by atoms with van der Waals surface area (Å²) in [4.78, 5) is 25.1. The van der Waals surface area contributed by atoms with E-state index >= 15 is 0 Å². The minimum atomic E-state index is -1.15. The molecule has 0 saturated carbocycles. The third kappa shape index (κ3) is 1.36. The van der Waals surface area contributed by atoms with Crippen LogP contribution in [0.5, 0.6) is 0 Å². The minimum Gasteiger partial charge on any atom is -0.453 e. The molecule has 0 radical (unpaired) electrons. The van der Waals surface area contributed by atoms with Gasteiger partial charge in [0.2, 0.25) is 11.2 Å². The first-order chi connectivity index (χ1) is 8.16. The molecule has 1 aliphatic heterocycles. The molecule has 0 saturated heterocycles. The SMILES string of the molecule is O=c1cc2oc3ccccc3[nH]c-2c(F)c1=O. The van der Waals surface area contributed by atoms with Crippen LogP contribution in [0.2, 0.25) is 0 Å². The zero-order chi connectivity index (χ0) is 12.0. The molecule has 2 aliphatic rings. The first-order valence-corrected chi connectivity index (χ1v) is 4.91. The fourth-order valence-electron chi connectivity index (χ4n) is 1.70. The van der Waals surface area contributed by atoms with Crippen molar-refractivity contribution in [1.82, 2.24) is 4.98 Å². The van der Waals surface area contributed by atoms with Gasteiger partial charge in [-0.15, -0.1) is 0 Å². The van der Waals surface area contributed by atoms with Crippen molar-refractivity contribution in [2.24, 2.45) is 0 Å². The third-order valence-electron chi connectivity index (χ3n) is 2.52. The quantitative estimate of drug-likeness (QED) is 0.473. The lowest BCUT2D eigenvalue weighted by Crippen LogP contribution is -2.27. The van der Waals surface area contributed by atoms with Gasteiger partial charge >= 0.3 is 0 Å². The van der Waals surface area contributed by atoms with Gasteiger partial charge in [0, 0.05) is 6.07 Å². The summed E-state index contributed by atoms with van der Waals surface area (Å²) in [6.07, 6.45) is 0. The summed E-state index contributed by atoms with van der Waals surface area (Å²) in [5.41, 5.74) is -1.12. The van der Waals surface area contributed by atoms with E-state index in [0.717, 1.165) is 6.07 Å². The van der Waals surface area contributed by atoms with Crippen molar-refractivity contribution in [1.29, 1.82) is 0 Å². The van der Waals surface area contributed by atoms with E-state index in [1.807, 2.05) is 0 Å². The van der Waals surface area contributed by atoms with Crippen LogP contribution in [0, 0.1) is 5.82 Å². The highest BCUT2D eigenvalue weighted by molar-refractivity contribution is 5.76. The number of rotatable bonds is 0. The van der Waals surface area contributed by atoms with Crippen molar-refractivity contribution in [3.63, 3.8) is 0 Å². The molecule has 1 aliphatic carbocycles. The van der Waals surface area contributed by atoms with Gasteiger partial charge in [0.1, 0.15) is 5.69 Å². The van der Waals surface area contributed by atoms with Crippen molar-refractivity contribution >= 4 is 11.1 Å². The average Bonchev–Trinajstić information content (AvgIpc) is 2.34. The van der Waals surface area contributed by atoms with Crippen molar-refractivity contribution in [3.8, 4) is 11.5 Å². The zero-order valence-corrected chi connectivity index (χ0v) is 8.49. The van der Waals surface area contributed by atoms with Crippen LogP contribution in [0.25, 0.3) is 22.6 Å². The summed E-state index contributed by atoms with van der Waals surface area (Å²) in [6, 6.07) is 7.86. The maximum Gasteiger partial charge on any atom is 0.263 e. The molecule has 0 bridgehead atoms. The summed E-state index contributed by atoms with van der Waals surface area (Å²) in [5, 5.41) is 0. The zero-order valence-electron chi connectivity index (χ0n) is 8.49. The Labute approximate surface area is 93.7 Å². The second-order valence-electron chi connectivity index (χ2n) is 3.61. The summed E-state index contributed by atoms with van der Waals surface area (Å²) in [6.45, 7) is 0. The van der Waals surface area contributed by atoms with Gasteiger partial charge in [-0.1, -0.05) is 12.1 Å². The highest BCUT2D eigenvalue weighted by Crippen LogP contribution is 2.23. The highest BCUT2D eigenvalue weighted by Gasteiger charge is 2.17. The Hall–Kier alpha value is -2.43. The number of nitrogens with one attached hydrogen (secondary N) is 1. The molecule has 0 unspecified atom stereocenters. The van der Waals surface area contributed by atoms with Crippen LogP contribution in [0.15, 0.2) is 44.3 Å². The van der Waals surface area contributed by atoms with Crippen molar-refractivity contribution in [2.45, 2.75) is 0 Å². The molecule has 4 nitrogen and oxygen atoms in total. The Kier molecular flexibility index (Phi) is 1.89. The molecule has 1 N–H and O–H groups in total. The summed E-state index contributed by atoms with van der Waals surface area (Å²) >= 11 is 0. The van der Waals surface area contributed by atoms with Gasteiger partial charge in [0.05, 0.1) is 5.52 Å². The summed E-state index contributed by atoms with van der Waals surface area (Å²) < 4.78 is 18.9. The van der Waals surface area contributed by atoms with E-state index in [-0.39, 0.29) is 11.5 Å². The van der Waals surface area contributed by atoms with E-state index in [9.17, 15) is 14.0 Å². The molecule has 3 rings (SSSR count). The maximum atomic E-state index is 13.6. The van der Waals surface area contributed by atoms with Gasteiger partial charge in [0.15, 0.2) is 11.3 Å². The number of hydrogen-bond acceptors (Lipinski definition) is 3. The second-order valence-corrected chi connectivity index (χ2v) is 3.61. The van der Waals surface area contributed by atoms with Crippen molar-refractivity contribution < 1.29 is 8.81 Å².